The summed E-state index contributed by atoms with van der Waals surface area (Å²) in [5, 5.41) is 2.64. The van der Waals surface area contributed by atoms with E-state index in [9.17, 15) is 18.0 Å². The van der Waals surface area contributed by atoms with Crippen LogP contribution in [-0.2, 0) is 19.4 Å². The quantitative estimate of drug-likeness (QED) is 0.759. The van der Waals surface area contributed by atoms with Crippen molar-refractivity contribution in [3.8, 4) is 11.5 Å². The fourth-order valence-electron chi connectivity index (χ4n) is 2.50. The van der Waals surface area contributed by atoms with E-state index in [2.05, 4.69) is 5.32 Å². The molecule has 0 saturated heterocycles. The molecule has 0 aliphatic carbocycles. The Morgan fingerprint density at radius 1 is 1.07 bits per heavy atom. The van der Waals surface area contributed by atoms with Crippen LogP contribution < -0.4 is 14.8 Å². The van der Waals surface area contributed by atoms with Crippen LogP contribution >= 0.6 is 0 Å². The van der Waals surface area contributed by atoms with Gasteiger partial charge in [-0.15, -0.1) is 0 Å². The fraction of sp³-hybridized carbons (Fsp3) is 0.263. The van der Waals surface area contributed by atoms with Gasteiger partial charge in [-0.1, -0.05) is 6.07 Å². The number of anilines is 1. The molecule has 0 aromatic heterocycles. The predicted octanol–water partition coefficient (Wildman–Crippen LogP) is 2.05. The molecule has 28 heavy (non-hydrogen) atoms. The van der Waals surface area contributed by atoms with Crippen LogP contribution in [0.5, 0.6) is 11.5 Å². The standard InChI is InChI=1S/C19H19NO7S/c1-12(27-19(22)13-4-3-5-15(10-13)28(2,23)24)18(21)20-14-6-7-16-17(11-14)26-9-8-25-16/h3-7,10-12H,8-9H2,1-2H3,(H,20,21)/t12-/m1/s1. The topological polar surface area (TPSA) is 108 Å². The maximum atomic E-state index is 12.3. The van der Waals surface area contributed by atoms with Crippen molar-refractivity contribution in [2.75, 3.05) is 24.8 Å². The number of hydrogen-bond donors (Lipinski definition) is 1. The summed E-state index contributed by atoms with van der Waals surface area (Å²) in [6.07, 6.45) is -0.0523. The van der Waals surface area contributed by atoms with Crippen LogP contribution in [0.4, 0.5) is 5.69 Å². The van der Waals surface area contributed by atoms with Crippen molar-refractivity contribution in [1.29, 1.82) is 0 Å². The van der Waals surface area contributed by atoms with E-state index in [0.717, 1.165) is 6.26 Å². The van der Waals surface area contributed by atoms with E-state index >= 15 is 0 Å². The fourth-order valence-corrected chi connectivity index (χ4v) is 3.17. The average molecular weight is 405 g/mol. The molecular weight excluding hydrogens is 386 g/mol. The van der Waals surface area contributed by atoms with E-state index in [1.54, 1.807) is 18.2 Å². The Balaban J connectivity index is 1.65. The number of carbonyl (C=O) groups excluding carboxylic acids is 2. The van der Waals surface area contributed by atoms with Gasteiger partial charge in [-0.2, -0.15) is 0 Å². The van der Waals surface area contributed by atoms with Crippen LogP contribution in [0.1, 0.15) is 17.3 Å². The van der Waals surface area contributed by atoms with Crippen molar-refractivity contribution >= 4 is 27.4 Å². The minimum Gasteiger partial charge on any atom is -0.486 e. The Kier molecular flexibility index (Phi) is 5.55. The van der Waals surface area contributed by atoms with Gasteiger partial charge in [0.25, 0.3) is 5.91 Å². The van der Waals surface area contributed by atoms with Gasteiger partial charge in [0.15, 0.2) is 27.4 Å². The number of benzene rings is 2. The Morgan fingerprint density at radius 3 is 2.50 bits per heavy atom. The van der Waals surface area contributed by atoms with Crippen molar-refractivity contribution in [1.82, 2.24) is 0 Å². The molecule has 1 aliphatic rings. The number of fused-ring (bicyclic) bond motifs is 1. The highest BCUT2D eigenvalue weighted by Gasteiger charge is 2.21. The number of amides is 1. The highest BCUT2D eigenvalue weighted by atomic mass is 32.2. The maximum absolute atomic E-state index is 12.3. The van der Waals surface area contributed by atoms with E-state index in [-0.39, 0.29) is 10.5 Å². The summed E-state index contributed by atoms with van der Waals surface area (Å²) in [6.45, 7) is 2.31. The monoisotopic (exact) mass is 405 g/mol. The van der Waals surface area contributed by atoms with E-state index < -0.39 is 27.8 Å². The summed E-state index contributed by atoms with van der Waals surface area (Å²) >= 11 is 0. The number of esters is 1. The molecule has 1 amide bonds. The summed E-state index contributed by atoms with van der Waals surface area (Å²) in [6, 6.07) is 10.4. The van der Waals surface area contributed by atoms with Crippen molar-refractivity contribution in [2.45, 2.75) is 17.9 Å². The molecule has 9 heteroatoms. The zero-order valence-corrected chi connectivity index (χ0v) is 16.1. The third-order valence-electron chi connectivity index (χ3n) is 3.96. The molecule has 1 atom stereocenters. The zero-order chi connectivity index (χ0) is 20.3. The average Bonchev–Trinajstić information content (AvgIpc) is 2.67. The highest BCUT2D eigenvalue weighted by Crippen LogP contribution is 2.32. The van der Waals surface area contributed by atoms with Gasteiger partial charge in [-0.05, 0) is 37.3 Å². The van der Waals surface area contributed by atoms with Gasteiger partial charge in [-0.3, -0.25) is 4.79 Å². The predicted molar refractivity (Wildman–Crippen MR) is 100 cm³/mol. The number of carbonyl (C=O) groups is 2. The van der Waals surface area contributed by atoms with Crippen molar-refractivity contribution in [3.63, 3.8) is 0 Å². The molecule has 0 unspecified atom stereocenters. The summed E-state index contributed by atoms with van der Waals surface area (Å²) in [7, 11) is -3.46. The van der Waals surface area contributed by atoms with Crippen LogP contribution in [-0.4, -0.2) is 45.9 Å². The minimum atomic E-state index is -3.46. The van der Waals surface area contributed by atoms with E-state index in [0.29, 0.717) is 30.4 Å². The van der Waals surface area contributed by atoms with E-state index in [1.165, 1.54) is 31.2 Å². The first kappa shape index (κ1) is 19.7. The summed E-state index contributed by atoms with van der Waals surface area (Å²) in [5.74, 6) is -0.222. The normalized spacial score (nSPS) is 14.1. The van der Waals surface area contributed by atoms with Crippen LogP contribution in [0.15, 0.2) is 47.4 Å². The second-order valence-corrected chi connectivity index (χ2v) is 8.21. The molecule has 0 fully saturated rings. The lowest BCUT2D eigenvalue weighted by atomic mass is 10.2. The molecule has 0 saturated carbocycles. The second kappa shape index (κ2) is 7.89. The molecule has 2 aromatic carbocycles. The zero-order valence-electron chi connectivity index (χ0n) is 15.3. The molecule has 2 aromatic rings. The maximum Gasteiger partial charge on any atom is 0.338 e. The van der Waals surface area contributed by atoms with E-state index in [4.69, 9.17) is 14.2 Å². The van der Waals surface area contributed by atoms with Crippen LogP contribution in [0.2, 0.25) is 0 Å². The lowest BCUT2D eigenvalue weighted by molar-refractivity contribution is -0.123. The molecule has 0 spiro atoms. The van der Waals surface area contributed by atoms with Gasteiger partial charge >= 0.3 is 5.97 Å². The van der Waals surface area contributed by atoms with Crippen LogP contribution in [0, 0.1) is 0 Å². The third kappa shape index (κ3) is 4.61. The summed E-state index contributed by atoms with van der Waals surface area (Å²) < 4.78 is 39.2. The first-order valence-electron chi connectivity index (χ1n) is 8.45. The molecule has 0 bridgehead atoms. The number of nitrogens with one attached hydrogen (secondary N) is 1. The SMILES string of the molecule is C[C@@H](OC(=O)c1cccc(S(C)(=O)=O)c1)C(=O)Nc1ccc2c(c1)OCCO2. The van der Waals surface area contributed by atoms with Crippen molar-refractivity contribution in [3.05, 3.63) is 48.0 Å². The molecule has 8 nitrogen and oxygen atoms in total. The Hall–Kier alpha value is -3.07. The van der Waals surface area contributed by atoms with Gasteiger partial charge < -0.3 is 19.5 Å². The molecular formula is C19H19NO7S. The van der Waals surface area contributed by atoms with E-state index in [1.807, 2.05) is 0 Å². The third-order valence-corrected chi connectivity index (χ3v) is 5.07. The van der Waals surface area contributed by atoms with Gasteiger partial charge in [0.2, 0.25) is 0 Å². The summed E-state index contributed by atoms with van der Waals surface area (Å²) in [4.78, 5) is 24.6. The number of ether oxygens (including phenoxy) is 3. The van der Waals surface area contributed by atoms with Gasteiger partial charge in [0.05, 0.1) is 10.5 Å². The molecule has 1 N–H and O–H groups in total. The Labute approximate surface area is 162 Å². The first-order chi connectivity index (χ1) is 13.2. The van der Waals surface area contributed by atoms with Crippen LogP contribution in [0.25, 0.3) is 0 Å². The van der Waals surface area contributed by atoms with Gasteiger partial charge in [-0.25, -0.2) is 13.2 Å². The lowest BCUT2D eigenvalue weighted by Gasteiger charge is -2.19. The smallest absolute Gasteiger partial charge is 0.338 e. The van der Waals surface area contributed by atoms with Crippen molar-refractivity contribution in [2.24, 2.45) is 0 Å². The highest BCUT2D eigenvalue weighted by molar-refractivity contribution is 7.90. The molecule has 1 aliphatic heterocycles. The lowest BCUT2D eigenvalue weighted by Crippen LogP contribution is -2.30. The van der Waals surface area contributed by atoms with Gasteiger partial charge in [0, 0.05) is 18.0 Å². The van der Waals surface area contributed by atoms with Crippen LogP contribution in [0.3, 0.4) is 0 Å². The Bertz CT molecular complexity index is 1020. The number of sulfone groups is 1. The largest absolute Gasteiger partial charge is 0.486 e. The molecule has 148 valence electrons. The number of rotatable bonds is 5. The first-order valence-corrected chi connectivity index (χ1v) is 10.3. The molecule has 0 radical (unpaired) electrons. The summed E-state index contributed by atoms with van der Waals surface area (Å²) in [5.41, 5.74) is 0.512. The number of hydrogen-bond acceptors (Lipinski definition) is 7. The van der Waals surface area contributed by atoms with Gasteiger partial charge in [0.1, 0.15) is 13.2 Å². The minimum absolute atomic E-state index is 0.00432. The molecule has 3 rings (SSSR count). The van der Waals surface area contributed by atoms with Crippen molar-refractivity contribution < 1.29 is 32.2 Å². The Morgan fingerprint density at radius 2 is 1.79 bits per heavy atom. The molecule has 1 heterocycles. The second-order valence-electron chi connectivity index (χ2n) is 6.20.